The summed E-state index contributed by atoms with van der Waals surface area (Å²) in [5.41, 5.74) is 3.00. The molecule has 10 heteroatoms. The van der Waals surface area contributed by atoms with Crippen LogP contribution in [0.25, 0.3) is 10.9 Å². The van der Waals surface area contributed by atoms with Crippen LogP contribution in [-0.2, 0) is 35.1 Å². The quantitative estimate of drug-likeness (QED) is 0.279. The normalized spacial score (nSPS) is 30.7. The Labute approximate surface area is 269 Å². The molecule has 4 aliphatic rings. The van der Waals surface area contributed by atoms with Crippen LogP contribution in [-0.4, -0.2) is 58.3 Å². The third-order valence-electron chi connectivity index (χ3n) is 11.9. The smallest absolute Gasteiger partial charge is 0.326 e. The van der Waals surface area contributed by atoms with Crippen molar-refractivity contribution in [1.29, 1.82) is 0 Å². The largest absolute Gasteiger partial charge is 0.480 e. The number of allylic oxidation sites excluding steroid dienone is 1. The van der Waals surface area contributed by atoms with Crippen molar-refractivity contribution in [2.75, 3.05) is 6.54 Å². The van der Waals surface area contributed by atoms with E-state index in [4.69, 9.17) is 4.74 Å². The van der Waals surface area contributed by atoms with Crippen molar-refractivity contribution < 1.29 is 33.8 Å². The van der Waals surface area contributed by atoms with Crippen molar-refractivity contribution >= 4 is 40.4 Å². The molecule has 7 atom stereocenters. The Morgan fingerprint density at radius 3 is 2.61 bits per heavy atom. The van der Waals surface area contributed by atoms with Gasteiger partial charge >= 0.3 is 11.9 Å². The van der Waals surface area contributed by atoms with Gasteiger partial charge < -0.3 is 25.5 Å². The van der Waals surface area contributed by atoms with Crippen LogP contribution in [0.3, 0.4) is 0 Å². The van der Waals surface area contributed by atoms with Gasteiger partial charge in [-0.3, -0.25) is 19.2 Å². The second-order valence-electron chi connectivity index (χ2n) is 14.4. The molecule has 1 aromatic carbocycles. The van der Waals surface area contributed by atoms with Gasteiger partial charge in [0.1, 0.15) is 12.1 Å². The van der Waals surface area contributed by atoms with E-state index < -0.39 is 29.8 Å². The molecular weight excluding hydrogens is 586 g/mol. The first-order valence-electron chi connectivity index (χ1n) is 16.7. The maximum Gasteiger partial charge on any atom is 0.326 e. The standard InChI is InChI=1S/C36H45N3O7/c1-35-15-13-23(40)18-22(35)7-8-25-26-9-10-30(36(26,2)16-14-27(25)35)46-33(43)12-11-31(41)38-20-32(42)39-29(34(44)45)17-21-19-37-28-6-4-3-5-24(21)28/h3-6,18-19,25-27,29-30,37H,7-17,20H2,1-2H3,(H,38,41)(H,39,42)(H,44,45)/t25-,26-,27-,29-,30+,35-,36-/m0/s1. The van der Waals surface area contributed by atoms with Gasteiger partial charge in [0, 0.05) is 41.8 Å². The number of para-hydroxylation sites is 1. The number of hydrogen-bond acceptors (Lipinski definition) is 6. The Morgan fingerprint density at radius 2 is 1.80 bits per heavy atom. The lowest BCUT2D eigenvalue weighted by molar-refractivity contribution is -0.160. The molecule has 0 spiro atoms. The number of aromatic nitrogens is 1. The molecule has 10 nitrogen and oxygen atoms in total. The zero-order valence-electron chi connectivity index (χ0n) is 26.7. The lowest BCUT2D eigenvalue weighted by Gasteiger charge is -2.57. The first-order chi connectivity index (χ1) is 22.0. The summed E-state index contributed by atoms with van der Waals surface area (Å²) in [7, 11) is 0. The number of nitrogens with one attached hydrogen (secondary N) is 3. The summed E-state index contributed by atoms with van der Waals surface area (Å²) in [5, 5.41) is 15.5. The Balaban J connectivity index is 0.955. The maximum atomic E-state index is 12.9. The lowest BCUT2D eigenvalue weighted by Crippen LogP contribution is -2.51. The molecule has 3 saturated carbocycles. The van der Waals surface area contributed by atoms with E-state index in [-0.39, 0.29) is 48.5 Å². The van der Waals surface area contributed by atoms with E-state index in [1.165, 1.54) is 5.57 Å². The summed E-state index contributed by atoms with van der Waals surface area (Å²) >= 11 is 0. The number of ketones is 1. The van der Waals surface area contributed by atoms with E-state index >= 15 is 0 Å². The molecule has 2 amide bonds. The monoisotopic (exact) mass is 631 g/mol. The number of carbonyl (C=O) groups excluding carboxylic acids is 4. The Bertz CT molecular complexity index is 1580. The summed E-state index contributed by atoms with van der Waals surface area (Å²) in [6.07, 6.45) is 10.9. The van der Waals surface area contributed by atoms with Crippen LogP contribution in [0.5, 0.6) is 0 Å². The molecule has 2 aromatic rings. The van der Waals surface area contributed by atoms with Gasteiger partial charge in [0.05, 0.1) is 13.0 Å². The fourth-order valence-corrected chi connectivity index (χ4v) is 9.37. The summed E-state index contributed by atoms with van der Waals surface area (Å²) in [6.45, 7) is 4.24. The molecule has 4 aliphatic carbocycles. The van der Waals surface area contributed by atoms with Crippen molar-refractivity contribution in [3.8, 4) is 0 Å². The van der Waals surface area contributed by atoms with Crippen molar-refractivity contribution in [1.82, 2.24) is 15.6 Å². The third-order valence-corrected chi connectivity index (χ3v) is 11.9. The molecule has 3 fully saturated rings. The number of aromatic amines is 1. The van der Waals surface area contributed by atoms with Gasteiger partial charge in [0.2, 0.25) is 11.8 Å². The van der Waals surface area contributed by atoms with Gasteiger partial charge in [-0.05, 0) is 85.8 Å². The minimum Gasteiger partial charge on any atom is -0.480 e. The number of aliphatic carboxylic acids is 1. The van der Waals surface area contributed by atoms with Gasteiger partial charge in [-0.2, -0.15) is 0 Å². The maximum absolute atomic E-state index is 12.9. The van der Waals surface area contributed by atoms with Gasteiger partial charge in [0.25, 0.3) is 0 Å². The Hall–Kier alpha value is -3.95. The first-order valence-corrected chi connectivity index (χ1v) is 16.7. The molecule has 0 saturated heterocycles. The number of carboxylic acid groups (broad SMARTS) is 1. The molecule has 4 N–H and O–H groups in total. The molecule has 0 bridgehead atoms. The highest BCUT2D eigenvalue weighted by molar-refractivity contribution is 5.92. The number of esters is 1. The summed E-state index contributed by atoms with van der Waals surface area (Å²) in [6, 6.07) is 6.35. The van der Waals surface area contributed by atoms with Crippen molar-refractivity contribution in [2.24, 2.45) is 28.6 Å². The fourth-order valence-electron chi connectivity index (χ4n) is 9.37. The number of carbonyl (C=O) groups is 5. The van der Waals surface area contributed by atoms with Crippen LogP contribution in [0.2, 0.25) is 0 Å². The van der Waals surface area contributed by atoms with E-state index in [0.717, 1.165) is 61.4 Å². The molecule has 246 valence electrons. The van der Waals surface area contributed by atoms with E-state index in [0.29, 0.717) is 24.2 Å². The van der Waals surface area contributed by atoms with Crippen LogP contribution >= 0.6 is 0 Å². The van der Waals surface area contributed by atoms with Crippen LogP contribution < -0.4 is 10.6 Å². The number of fused-ring (bicyclic) bond motifs is 6. The highest BCUT2D eigenvalue weighted by Crippen LogP contribution is 2.65. The molecule has 1 aromatic heterocycles. The van der Waals surface area contributed by atoms with Crippen LogP contribution in [0.1, 0.15) is 83.6 Å². The molecule has 0 unspecified atom stereocenters. The fraction of sp³-hybridized carbons (Fsp3) is 0.583. The molecule has 46 heavy (non-hydrogen) atoms. The predicted molar refractivity (Wildman–Crippen MR) is 170 cm³/mol. The van der Waals surface area contributed by atoms with Crippen molar-refractivity contribution in [3.05, 3.63) is 47.7 Å². The van der Waals surface area contributed by atoms with Gasteiger partial charge in [-0.15, -0.1) is 0 Å². The van der Waals surface area contributed by atoms with Crippen LogP contribution in [0.4, 0.5) is 0 Å². The second-order valence-corrected chi connectivity index (χ2v) is 14.4. The zero-order chi connectivity index (χ0) is 32.6. The number of H-pyrrole nitrogens is 1. The molecular formula is C36H45N3O7. The number of carboxylic acids is 1. The van der Waals surface area contributed by atoms with E-state index in [2.05, 4.69) is 29.5 Å². The summed E-state index contributed by atoms with van der Waals surface area (Å²) in [5.74, 6) is -0.808. The number of hydrogen-bond donors (Lipinski definition) is 4. The van der Waals surface area contributed by atoms with Crippen molar-refractivity contribution in [2.45, 2.75) is 96.6 Å². The number of rotatable bonds is 10. The molecule has 0 aliphatic heterocycles. The predicted octanol–water partition coefficient (Wildman–Crippen LogP) is 4.62. The average molecular weight is 632 g/mol. The molecule has 0 radical (unpaired) electrons. The van der Waals surface area contributed by atoms with Gasteiger partial charge in [-0.25, -0.2) is 4.79 Å². The first kappa shape index (κ1) is 32.0. The second kappa shape index (κ2) is 12.7. The third kappa shape index (κ3) is 6.10. The lowest BCUT2D eigenvalue weighted by atomic mass is 9.47. The van der Waals surface area contributed by atoms with Gasteiger partial charge in [0.15, 0.2) is 5.78 Å². The van der Waals surface area contributed by atoms with E-state index in [1.54, 1.807) is 6.20 Å². The van der Waals surface area contributed by atoms with E-state index in [1.807, 2.05) is 30.3 Å². The Kier molecular flexibility index (Phi) is 8.83. The average Bonchev–Trinajstić information content (AvgIpc) is 3.59. The van der Waals surface area contributed by atoms with E-state index in [9.17, 15) is 29.1 Å². The van der Waals surface area contributed by atoms with Crippen LogP contribution in [0, 0.1) is 28.6 Å². The minimum absolute atomic E-state index is 0.0880. The number of amides is 2. The SMILES string of the molecule is C[C@]12CC[C@H]3[C@@H](CCC4=CC(=O)CC[C@@]43C)[C@@H]1CC[C@H]2OC(=O)CCC(=O)NCC(=O)N[C@@H](Cc1c[nH]c2ccccc12)C(=O)O. The topological polar surface area (TPSA) is 155 Å². The highest BCUT2D eigenvalue weighted by Gasteiger charge is 2.60. The molecule has 6 rings (SSSR count). The zero-order valence-corrected chi connectivity index (χ0v) is 26.7. The summed E-state index contributed by atoms with van der Waals surface area (Å²) in [4.78, 5) is 64.9. The van der Waals surface area contributed by atoms with Crippen molar-refractivity contribution in [3.63, 3.8) is 0 Å². The van der Waals surface area contributed by atoms with Gasteiger partial charge in [-0.1, -0.05) is 37.6 Å². The highest BCUT2D eigenvalue weighted by atomic mass is 16.5. The van der Waals surface area contributed by atoms with Crippen LogP contribution in [0.15, 0.2) is 42.1 Å². The number of benzene rings is 1. The Morgan fingerprint density at radius 1 is 1.00 bits per heavy atom. The minimum atomic E-state index is -1.17. The number of ether oxygens (including phenoxy) is 1. The summed E-state index contributed by atoms with van der Waals surface area (Å²) < 4.78 is 6.02. The molecule has 1 heterocycles.